The first-order chi connectivity index (χ1) is 9.10. The lowest BCUT2D eigenvalue weighted by molar-refractivity contribution is 0.129. The molecule has 0 aromatic heterocycles. The van der Waals surface area contributed by atoms with Crippen molar-refractivity contribution >= 4 is 0 Å². The first-order valence-electron chi connectivity index (χ1n) is 7.31. The third-order valence-corrected chi connectivity index (χ3v) is 4.13. The van der Waals surface area contributed by atoms with E-state index < -0.39 is 0 Å². The Kier molecular flexibility index (Phi) is 4.97. The molecule has 19 heavy (non-hydrogen) atoms. The molecule has 1 aliphatic heterocycles. The van der Waals surface area contributed by atoms with Crippen molar-refractivity contribution in [2.24, 2.45) is 5.73 Å². The number of rotatable bonds is 4. The second-order valence-electron chi connectivity index (χ2n) is 5.78. The summed E-state index contributed by atoms with van der Waals surface area (Å²) in [5.41, 5.74) is 11.4. The lowest BCUT2D eigenvalue weighted by Gasteiger charge is -2.35. The topological polar surface area (TPSA) is 32.5 Å². The largest absolute Gasteiger partial charge is 0.329 e. The van der Waals surface area contributed by atoms with E-state index in [1.807, 2.05) is 0 Å². The van der Waals surface area contributed by atoms with Crippen LogP contribution in [0.5, 0.6) is 0 Å². The molecule has 3 heteroatoms. The quantitative estimate of drug-likeness (QED) is 0.895. The van der Waals surface area contributed by atoms with Crippen molar-refractivity contribution < 1.29 is 0 Å². The molecule has 0 radical (unpaired) electrons. The Hall–Kier alpha value is -0.900. The van der Waals surface area contributed by atoms with E-state index in [0.717, 1.165) is 45.8 Å². The Morgan fingerprint density at radius 3 is 2.00 bits per heavy atom. The number of benzene rings is 1. The van der Waals surface area contributed by atoms with Gasteiger partial charge in [-0.2, -0.15) is 0 Å². The van der Waals surface area contributed by atoms with Gasteiger partial charge in [0.2, 0.25) is 0 Å². The van der Waals surface area contributed by atoms with E-state index in [2.05, 4.69) is 42.7 Å². The molecule has 0 aliphatic carbocycles. The van der Waals surface area contributed by atoms with Crippen LogP contribution in [0.4, 0.5) is 0 Å². The van der Waals surface area contributed by atoms with E-state index in [0.29, 0.717) is 0 Å². The Morgan fingerprint density at radius 1 is 0.947 bits per heavy atom. The molecule has 2 N–H and O–H groups in total. The highest BCUT2D eigenvalue weighted by Gasteiger charge is 2.17. The molecule has 1 aromatic rings. The van der Waals surface area contributed by atoms with Gasteiger partial charge in [0.25, 0.3) is 0 Å². The molecule has 0 bridgehead atoms. The summed E-state index contributed by atoms with van der Waals surface area (Å²) in [5, 5.41) is 0. The maximum absolute atomic E-state index is 5.62. The van der Waals surface area contributed by atoms with Crippen LogP contribution in [-0.2, 0) is 6.54 Å². The summed E-state index contributed by atoms with van der Waals surface area (Å²) in [5.74, 6) is 0. The maximum atomic E-state index is 5.62. The molecule has 0 saturated carbocycles. The minimum Gasteiger partial charge on any atom is -0.329 e. The number of hydrogen-bond donors (Lipinski definition) is 1. The van der Waals surface area contributed by atoms with Crippen molar-refractivity contribution in [2.45, 2.75) is 27.3 Å². The monoisotopic (exact) mass is 261 g/mol. The molecule has 0 unspecified atom stereocenters. The van der Waals surface area contributed by atoms with Gasteiger partial charge in [0.1, 0.15) is 0 Å². The lowest BCUT2D eigenvalue weighted by atomic mass is 9.99. The van der Waals surface area contributed by atoms with Crippen LogP contribution < -0.4 is 5.73 Å². The third-order valence-electron chi connectivity index (χ3n) is 4.13. The lowest BCUT2D eigenvalue weighted by Crippen LogP contribution is -2.47. The first-order valence-corrected chi connectivity index (χ1v) is 7.31. The molecule has 0 amide bonds. The average Bonchev–Trinajstić information content (AvgIpc) is 2.36. The van der Waals surface area contributed by atoms with Crippen molar-refractivity contribution in [3.8, 4) is 0 Å². The van der Waals surface area contributed by atoms with E-state index in [1.54, 1.807) is 0 Å². The summed E-state index contributed by atoms with van der Waals surface area (Å²) in [6.45, 7) is 14.2. The van der Waals surface area contributed by atoms with E-state index in [1.165, 1.54) is 22.3 Å². The number of nitrogens with two attached hydrogens (primary N) is 1. The minimum absolute atomic E-state index is 0.774. The van der Waals surface area contributed by atoms with Crippen molar-refractivity contribution in [2.75, 3.05) is 39.3 Å². The highest BCUT2D eigenvalue weighted by molar-refractivity contribution is 5.37. The number of hydrogen-bond acceptors (Lipinski definition) is 3. The summed E-state index contributed by atoms with van der Waals surface area (Å²) in [7, 11) is 0. The number of nitrogens with zero attached hydrogens (tertiary/aromatic N) is 2. The molecule has 3 nitrogen and oxygen atoms in total. The van der Waals surface area contributed by atoms with Crippen LogP contribution in [0.2, 0.25) is 0 Å². The smallest absolute Gasteiger partial charge is 0.0240 e. The zero-order valence-corrected chi connectivity index (χ0v) is 12.6. The molecule has 1 fully saturated rings. The van der Waals surface area contributed by atoms with Gasteiger partial charge >= 0.3 is 0 Å². The molecule has 106 valence electrons. The average molecular weight is 261 g/mol. The van der Waals surface area contributed by atoms with Crippen LogP contribution in [0.25, 0.3) is 0 Å². The van der Waals surface area contributed by atoms with E-state index in [9.17, 15) is 0 Å². The van der Waals surface area contributed by atoms with Gasteiger partial charge in [0.15, 0.2) is 0 Å². The van der Waals surface area contributed by atoms with Crippen LogP contribution in [0, 0.1) is 20.8 Å². The summed E-state index contributed by atoms with van der Waals surface area (Å²) in [6, 6.07) is 4.60. The molecular formula is C16H27N3. The standard InChI is InChI=1S/C16H27N3/c1-13-10-14(2)16(15(3)11-13)12-19-8-6-18(5-4-17)7-9-19/h10-11H,4-9,12,17H2,1-3H3. The van der Waals surface area contributed by atoms with Gasteiger partial charge < -0.3 is 5.73 Å². The Bertz CT molecular complexity index is 397. The van der Waals surface area contributed by atoms with E-state index in [-0.39, 0.29) is 0 Å². The third kappa shape index (κ3) is 3.78. The predicted molar refractivity (Wildman–Crippen MR) is 81.4 cm³/mol. The highest BCUT2D eigenvalue weighted by atomic mass is 15.3. The molecule has 1 saturated heterocycles. The molecule has 2 rings (SSSR count). The normalized spacial score (nSPS) is 17.9. The molecule has 1 aromatic carbocycles. The Labute approximate surface area is 117 Å². The van der Waals surface area contributed by atoms with Gasteiger partial charge in [0.05, 0.1) is 0 Å². The van der Waals surface area contributed by atoms with Gasteiger partial charge in [-0.05, 0) is 37.5 Å². The van der Waals surface area contributed by atoms with Crippen molar-refractivity contribution in [1.29, 1.82) is 0 Å². The Balaban J connectivity index is 1.96. The molecule has 1 aliphatic rings. The van der Waals surface area contributed by atoms with Crippen LogP contribution in [0.15, 0.2) is 12.1 Å². The zero-order chi connectivity index (χ0) is 13.8. The fourth-order valence-electron chi connectivity index (χ4n) is 3.04. The van der Waals surface area contributed by atoms with Gasteiger partial charge in [-0.25, -0.2) is 0 Å². The summed E-state index contributed by atoms with van der Waals surface area (Å²) in [4.78, 5) is 5.03. The van der Waals surface area contributed by atoms with Crippen molar-refractivity contribution in [3.63, 3.8) is 0 Å². The SMILES string of the molecule is Cc1cc(C)c(CN2CCN(CCN)CC2)c(C)c1. The van der Waals surface area contributed by atoms with E-state index in [4.69, 9.17) is 5.73 Å². The zero-order valence-electron chi connectivity index (χ0n) is 12.6. The number of piperazine rings is 1. The fourth-order valence-corrected chi connectivity index (χ4v) is 3.04. The second-order valence-corrected chi connectivity index (χ2v) is 5.78. The Morgan fingerprint density at radius 2 is 1.47 bits per heavy atom. The van der Waals surface area contributed by atoms with Crippen LogP contribution in [0.1, 0.15) is 22.3 Å². The molecular weight excluding hydrogens is 234 g/mol. The van der Waals surface area contributed by atoms with Gasteiger partial charge in [-0.15, -0.1) is 0 Å². The first kappa shape index (κ1) is 14.5. The summed E-state index contributed by atoms with van der Waals surface area (Å²) in [6.07, 6.45) is 0. The van der Waals surface area contributed by atoms with Gasteiger partial charge in [0, 0.05) is 45.8 Å². The van der Waals surface area contributed by atoms with Gasteiger partial charge in [-0.3, -0.25) is 9.80 Å². The maximum Gasteiger partial charge on any atom is 0.0240 e. The fraction of sp³-hybridized carbons (Fsp3) is 0.625. The minimum atomic E-state index is 0.774. The molecule has 0 atom stereocenters. The number of aryl methyl sites for hydroxylation is 3. The van der Waals surface area contributed by atoms with Crippen molar-refractivity contribution in [3.05, 3.63) is 34.4 Å². The van der Waals surface area contributed by atoms with Crippen LogP contribution >= 0.6 is 0 Å². The van der Waals surface area contributed by atoms with Crippen LogP contribution in [0.3, 0.4) is 0 Å². The summed E-state index contributed by atoms with van der Waals surface area (Å²) < 4.78 is 0. The highest BCUT2D eigenvalue weighted by Crippen LogP contribution is 2.19. The van der Waals surface area contributed by atoms with Gasteiger partial charge in [-0.1, -0.05) is 17.7 Å². The van der Waals surface area contributed by atoms with E-state index >= 15 is 0 Å². The summed E-state index contributed by atoms with van der Waals surface area (Å²) >= 11 is 0. The second kappa shape index (κ2) is 6.51. The molecule has 1 heterocycles. The predicted octanol–water partition coefficient (Wildman–Crippen LogP) is 1.69. The van der Waals surface area contributed by atoms with Crippen LogP contribution in [-0.4, -0.2) is 49.1 Å². The van der Waals surface area contributed by atoms with Crippen molar-refractivity contribution in [1.82, 2.24) is 9.80 Å². The molecule has 0 spiro atoms.